The van der Waals surface area contributed by atoms with E-state index in [1.165, 1.54) is 0 Å². The van der Waals surface area contributed by atoms with E-state index in [1.807, 2.05) is 26.0 Å². The van der Waals surface area contributed by atoms with E-state index in [-0.39, 0.29) is 11.4 Å². The Labute approximate surface area is 216 Å². The third-order valence-corrected chi connectivity index (χ3v) is 6.83. The molecule has 0 atom stereocenters. The van der Waals surface area contributed by atoms with Crippen LogP contribution in [0.5, 0.6) is 5.75 Å². The van der Waals surface area contributed by atoms with Gasteiger partial charge in [-0.25, -0.2) is 0 Å². The SMILES string of the molecule is CCOc1c(I)cc(I)cc1/C=C1/SC(=O)N(CC(=O)Nc2cc(Cl)ccc2C)C1=O. The Kier molecular flexibility index (Phi) is 8.27. The van der Waals surface area contributed by atoms with Gasteiger partial charge in [0.1, 0.15) is 12.3 Å². The Balaban J connectivity index is 1.80. The van der Waals surface area contributed by atoms with Crippen LogP contribution in [0, 0.1) is 14.1 Å². The molecule has 10 heteroatoms. The van der Waals surface area contributed by atoms with Gasteiger partial charge in [0, 0.05) is 19.8 Å². The van der Waals surface area contributed by atoms with Gasteiger partial charge >= 0.3 is 0 Å². The molecule has 1 aliphatic rings. The van der Waals surface area contributed by atoms with Crippen molar-refractivity contribution in [1.82, 2.24) is 4.90 Å². The number of nitrogens with one attached hydrogen (secondary N) is 1. The number of nitrogens with zero attached hydrogens (tertiary/aromatic N) is 1. The van der Waals surface area contributed by atoms with Crippen LogP contribution in [0.15, 0.2) is 35.2 Å². The number of benzene rings is 2. The minimum absolute atomic E-state index is 0.246. The monoisotopic (exact) mass is 682 g/mol. The summed E-state index contributed by atoms with van der Waals surface area (Å²) in [6.07, 6.45) is 1.64. The van der Waals surface area contributed by atoms with Crippen LogP contribution in [0.3, 0.4) is 0 Å². The van der Waals surface area contributed by atoms with Crippen LogP contribution in [0.4, 0.5) is 10.5 Å². The molecule has 162 valence electrons. The second kappa shape index (κ2) is 10.5. The molecule has 31 heavy (non-hydrogen) atoms. The minimum Gasteiger partial charge on any atom is -0.492 e. The number of thioether (sulfide) groups is 1. The number of anilines is 1. The quantitative estimate of drug-likeness (QED) is 0.302. The maximum Gasteiger partial charge on any atom is 0.294 e. The van der Waals surface area contributed by atoms with E-state index in [9.17, 15) is 14.4 Å². The van der Waals surface area contributed by atoms with Crippen molar-refractivity contribution in [2.24, 2.45) is 0 Å². The average Bonchev–Trinajstić information content (AvgIpc) is 2.94. The summed E-state index contributed by atoms with van der Waals surface area (Å²) < 4.78 is 7.61. The molecule has 0 spiro atoms. The van der Waals surface area contributed by atoms with E-state index in [1.54, 1.807) is 24.3 Å². The summed E-state index contributed by atoms with van der Waals surface area (Å²) >= 11 is 11.1. The molecule has 3 rings (SSSR count). The predicted octanol–water partition coefficient (Wildman–Crippen LogP) is 5.93. The van der Waals surface area contributed by atoms with Crippen molar-refractivity contribution in [2.45, 2.75) is 13.8 Å². The van der Waals surface area contributed by atoms with Gasteiger partial charge in [-0.1, -0.05) is 17.7 Å². The van der Waals surface area contributed by atoms with Gasteiger partial charge in [0.2, 0.25) is 5.91 Å². The first-order chi connectivity index (χ1) is 14.7. The average molecular weight is 683 g/mol. The summed E-state index contributed by atoms with van der Waals surface area (Å²) in [6, 6.07) is 8.97. The Morgan fingerprint density at radius 2 is 2.00 bits per heavy atom. The molecule has 0 radical (unpaired) electrons. The first-order valence-electron chi connectivity index (χ1n) is 9.12. The van der Waals surface area contributed by atoms with Gasteiger partial charge < -0.3 is 10.1 Å². The standard InChI is InChI=1S/C21H17ClI2N2O4S/c1-3-30-19-12(6-14(23)9-15(19)24)7-17-20(28)26(21(29)31-17)10-18(27)25-16-8-13(22)5-4-11(16)2/h4-9H,3,10H2,1-2H3,(H,25,27)/b17-7+. The summed E-state index contributed by atoms with van der Waals surface area (Å²) in [6.45, 7) is 3.80. The van der Waals surface area contributed by atoms with Crippen molar-refractivity contribution in [2.75, 3.05) is 18.5 Å². The smallest absolute Gasteiger partial charge is 0.294 e. The number of imide groups is 1. The van der Waals surface area contributed by atoms with Gasteiger partial charge in [0.05, 0.1) is 15.1 Å². The Hall–Kier alpha value is -1.31. The molecule has 0 aromatic heterocycles. The van der Waals surface area contributed by atoms with E-state index in [2.05, 4.69) is 50.5 Å². The van der Waals surface area contributed by atoms with E-state index in [4.69, 9.17) is 16.3 Å². The van der Waals surface area contributed by atoms with E-state index >= 15 is 0 Å². The van der Waals surface area contributed by atoms with E-state index in [0.717, 1.165) is 29.4 Å². The van der Waals surface area contributed by atoms with Crippen molar-refractivity contribution < 1.29 is 19.1 Å². The number of hydrogen-bond donors (Lipinski definition) is 1. The molecule has 1 saturated heterocycles. The fourth-order valence-electron chi connectivity index (χ4n) is 2.82. The van der Waals surface area contributed by atoms with Gasteiger partial charge in [-0.3, -0.25) is 19.3 Å². The zero-order valence-electron chi connectivity index (χ0n) is 16.5. The minimum atomic E-state index is -0.510. The lowest BCUT2D eigenvalue weighted by molar-refractivity contribution is -0.127. The molecule has 0 saturated carbocycles. The fourth-order valence-corrected chi connectivity index (χ4v) is 5.87. The maximum absolute atomic E-state index is 12.8. The number of amides is 3. The van der Waals surface area contributed by atoms with Crippen LogP contribution >= 0.6 is 68.5 Å². The van der Waals surface area contributed by atoms with E-state index < -0.39 is 17.1 Å². The molecule has 2 aromatic rings. The van der Waals surface area contributed by atoms with Crippen molar-refractivity contribution in [3.05, 3.63) is 58.5 Å². The highest BCUT2D eigenvalue weighted by Crippen LogP contribution is 2.36. The van der Waals surface area contributed by atoms with Gasteiger partial charge in [0.15, 0.2) is 0 Å². The second-order valence-electron chi connectivity index (χ2n) is 6.51. The molecule has 0 aliphatic carbocycles. The highest BCUT2D eigenvalue weighted by Gasteiger charge is 2.36. The first-order valence-corrected chi connectivity index (χ1v) is 12.5. The largest absolute Gasteiger partial charge is 0.492 e. The van der Waals surface area contributed by atoms with Crippen LogP contribution in [-0.2, 0) is 9.59 Å². The zero-order valence-corrected chi connectivity index (χ0v) is 22.4. The topological polar surface area (TPSA) is 75.7 Å². The second-order valence-corrected chi connectivity index (χ2v) is 10.4. The van der Waals surface area contributed by atoms with Crippen molar-refractivity contribution >= 4 is 97.4 Å². The number of hydrogen-bond acceptors (Lipinski definition) is 5. The molecule has 0 bridgehead atoms. The van der Waals surface area contributed by atoms with Crippen molar-refractivity contribution in [3.8, 4) is 5.75 Å². The lowest BCUT2D eigenvalue weighted by Crippen LogP contribution is -2.36. The van der Waals surface area contributed by atoms with Crippen LogP contribution in [0.2, 0.25) is 5.02 Å². The lowest BCUT2D eigenvalue weighted by atomic mass is 10.2. The summed E-state index contributed by atoms with van der Waals surface area (Å²) in [7, 11) is 0. The van der Waals surface area contributed by atoms with Crippen LogP contribution in [0.1, 0.15) is 18.1 Å². The first kappa shape index (κ1) is 24.3. The molecule has 1 aliphatic heterocycles. The third-order valence-electron chi connectivity index (χ3n) is 4.26. The molecule has 3 amide bonds. The molecule has 1 fully saturated rings. The van der Waals surface area contributed by atoms with Crippen molar-refractivity contribution in [3.63, 3.8) is 0 Å². The molecular weight excluding hydrogens is 666 g/mol. The molecule has 6 nitrogen and oxygen atoms in total. The molecule has 2 aromatic carbocycles. The summed E-state index contributed by atoms with van der Waals surface area (Å²) in [4.78, 5) is 38.9. The maximum atomic E-state index is 12.8. The Morgan fingerprint density at radius 3 is 2.71 bits per heavy atom. The highest BCUT2D eigenvalue weighted by molar-refractivity contribution is 14.1. The number of aryl methyl sites for hydroxylation is 1. The van der Waals surface area contributed by atoms with Gasteiger partial charge in [0.25, 0.3) is 11.1 Å². The van der Waals surface area contributed by atoms with Crippen LogP contribution in [0.25, 0.3) is 6.08 Å². The number of halogens is 3. The predicted molar refractivity (Wildman–Crippen MR) is 141 cm³/mol. The summed E-state index contributed by atoms with van der Waals surface area (Å²) in [5.41, 5.74) is 2.07. The van der Waals surface area contributed by atoms with Crippen LogP contribution < -0.4 is 10.1 Å². The zero-order chi connectivity index (χ0) is 22.7. The number of carbonyl (C=O) groups excluding carboxylic acids is 3. The van der Waals surface area contributed by atoms with Gasteiger partial charge in [-0.15, -0.1) is 0 Å². The summed E-state index contributed by atoms with van der Waals surface area (Å²) in [5.74, 6) is -0.332. The molecule has 1 heterocycles. The molecule has 1 N–H and O–H groups in total. The number of rotatable bonds is 6. The summed E-state index contributed by atoms with van der Waals surface area (Å²) in [5, 5.41) is 2.69. The lowest BCUT2D eigenvalue weighted by Gasteiger charge is -2.14. The fraction of sp³-hybridized carbons (Fsp3) is 0.190. The third kappa shape index (κ3) is 5.93. The normalized spacial score (nSPS) is 15.0. The highest BCUT2D eigenvalue weighted by atomic mass is 127. The molecular formula is C21H17ClI2N2O4S. The Morgan fingerprint density at radius 1 is 1.26 bits per heavy atom. The van der Waals surface area contributed by atoms with Crippen LogP contribution in [-0.4, -0.2) is 35.1 Å². The van der Waals surface area contributed by atoms with E-state index in [0.29, 0.717) is 28.6 Å². The number of carbonyl (C=O) groups is 3. The van der Waals surface area contributed by atoms with Crippen molar-refractivity contribution in [1.29, 1.82) is 0 Å². The number of ether oxygens (including phenoxy) is 1. The Bertz CT molecular complexity index is 1110. The molecule has 0 unspecified atom stereocenters. The van der Waals surface area contributed by atoms with Gasteiger partial charge in [-0.2, -0.15) is 0 Å². The van der Waals surface area contributed by atoms with Gasteiger partial charge in [-0.05, 0) is 107 Å².